The van der Waals surface area contributed by atoms with Crippen LogP contribution in [-0.4, -0.2) is 5.91 Å². The number of hydrogen-bond donors (Lipinski definition) is 0. The first-order valence-corrected chi connectivity index (χ1v) is 7.94. The van der Waals surface area contributed by atoms with Crippen molar-refractivity contribution < 1.29 is 9.18 Å². The maximum absolute atomic E-state index is 13.4. The van der Waals surface area contributed by atoms with E-state index in [1.807, 2.05) is 59.5 Å². The van der Waals surface area contributed by atoms with E-state index in [4.69, 9.17) is 0 Å². The smallest absolute Gasteiger partial charge is 0.232 e. The zero-order chi connectivity index (χ0) is 16.5. The molecular formula is C21H16FNO. The minimum Gasteiger partial charge on any atom is -0.300 e. The molecule has 0 spiro atoms. The number of benzene rings is 3. The molecule has 0 saturated heterocycles. The molecule has 2 nitrogen and oxygen atoms in total. The fourth-order valence-corrected chi connectivity index (χ4v) is 3.35. The van der Waals surface area contributed by atoms with Gasteiger partial charge in [-0.1, -0.05) is 54.6 Å². The Morgan fingerprint density at radius 1 is 0.833 bits per heavy atom. The Bertz CT molecular complexity index is 874. The summed E-state index contributed by atoms with van der Waals surface area (Å²) < 4.78 is 13.4. The van der Waals surface area contributed by atoms with Crippen molar-refractivity contribution >= 4 is 11.6 Å². The second-order valence-corrected chi connectivity index (χ2v) is 5.93. The average Bonchev–Trinajstić information content (AvgIpc) is 2.62. The van der Waals surface area contributed by atoms with Gasteiger partial charge in [0, 0.05) is 5.69 Å². The van der Waals surface area contributed by atoms with Crippen molar-refractivity contribution in [2.75, 3.05) is 4.90 Å². The van der Waals surface area contributed by atoms with Crippen molar-refractivity contribution in [1.29, 1.82) is 0 Å². The van der Waals surface area contributed by atoms with Crippen LogP contribution in [0.4, 0.5) is 10.1 Å². The summed E-state index contributed by atoms with van der Waals surface area (Å²) in [4.78, 5) is 14.7. The van der Waals surface area contributed by atoms with Crippen molar-refractivity contribution in [3.63, 3.8) is 0 Å². The van der Waals surface area contributed by atoms with Gasteiger partial charge in [-0.15, -0.1) is 0 Å². The average molecular weight is 317 g/mol. The molecule has 1 aliphatic heterocycles. The third-order valence-corrected chi connectivity index (χ3v) is 4.44. The van der Waals surface area contributed by atoms with Gasteiger partial charge >= 0.3 is 0 Å². The fraction of sp³-hybridized carbons (Fsp3) is 0.0952. The van der Waals surface area contributed by atoms with E-state index < -0.39 is 0 Å². The van der Waals surface area contributed by atoms with Gasteiger partial charge in [-0.05, 0) is 41.0 Å². The third kappa shape index (κ3) is 2.48. The maximum Gasteiger partial charge on any atom is 0.232 e. The third-order valence-electron chi connectivity index (χ3n) is 4.44. The number of para-hydroxylation sites is 1. The molecule has 1 atom stereocenters. The van der Waals surface area contributed by atoms with Gasteiger partial charge in [-0.2, -0.15) is 0 Å². The summed E-state index contributed by atoms with van der Waals surface area (Å²) in [5.74, 6) is -0.227. The van der Waals surface area contributed by atoms with Crippen molar-refractivity contribution in [2.24, 2.45) is 0 Å². The number of halogens is 1. The zero-order valence-electron chi connectivity index (χ0n) is 13.0. The molecule has 118 valence electrons. The summed E-state index contributed by atoms with van der Waals surface area (Å²) in [6.07, 6.45) is 0.378. The molecular weight excluding hydrogens is 301 g/mol. The number of amides is 1. The van der Waals surface area contributed by atoms with Crippen LogP contribution >= 0.6 is 0 Å². The fourth-order valence-electron chi connectivity index (χ4n) is 3.35. The first kappa shape index (κ1) is 14.6. The lowest BCUT2D eigenvalue weighted by Crippen LogP contribution is -2.41. The SMILES string of the molecule is O=C1Cc2ccccc2C(c2ccc(F)cc2)N1c1ccccc1. The standard InChI is InChI=1S/C21H16FNO/c22-17-12-10-15(11-13-17)21-19-9-5-4-6-16(19)14-20(24)23(21)18-7-2-1-3-8-18/h1-13,21H,14H2. The number of nitrogens with zero attached hydrogens (tertiary/aromatic N) is 1. The van der Waals surface area contributed by atoms with Crippen molar-refractivity contribution in [1.82, 2.24) is 0 Å². The van der Waals surface area contributed by atoms with Crippen LogP contribution in [0.3, 0.4) is 0 Å². The van der Waals surface area contributed by atoms with E-state index in [1.165, 1.54) is 12.1 Å². The number of carbonyl (C=O) groups excluding carboxylic acids is 1. The molecule has 24 heavy (non-hydrogen) atoms. The predicted octanol–water partition coefficient (Wildman–Crippen LogP) is 4.50. The molecule has 3 heteroatoms. The van der Waals surface area contributed by atoms with Crippen LogP contribution in [0.2, 0.25) is 0 Å². The lowest BCUT2D eigenvalue weighted by atomic mass is 9.87. The number of carbonyl (C=O) groups is 1. The molecule has 0 N–H and O–H groups in total. The van der Waals surface area contributed by atoms with E-state index in [0.717, 1.165) is 22.4 Å². The van der Waals surface area contributed by atoms with Crippen LogP contribution in [0.15, 0.2) is 78.9 Å². The van der Waals surface area contributed by atoms with E-state index in [1.54, 1.807) is 12.1 Å². The summed E-state index contributed by atoms with van der Waals surface area (Å²) in [5, 5.41) is 0. The van der Waals surface area contributed by atoms with Gasteiger partial charge in [0.25, 0.3) is 0 Å². The highest BCUT2D eigenvalue weighted by atomic mass is 19.1. The van der Waals surface area contributed by atoms with Crippen LogP contribution in [-0.2, 0) is 11.2 Å². The van der Waals surface area contributed by atoms with E-state index in [0.29, 0.717) is 6.42 Å². The largest absolute Gasteiger partial charge is 0.300 e. The Labute approximate surface area is 140 Å². The van der Waals surface area contributed by atoms with Gasteiger partial charge in [-0.25, -0.2) is 4.39 Å². The van der Waals surface area contributed by atoms with Crippen molar-refractivity contribution in [2.45, 2.75) is 12.5 Å². The Kier molecular flexibility index (Phi) is 3.62. The van der Waals surface area contributed by atoms with E-state index in [2.05, 4.69) is 0 Å². The summed E-state index contributed by atoms with van der Waals surface area (Å²) in [6, 6.07) is 23.8. The summed E-state index contributed by atoms with van der Waals surface area (Å²) in [7, 11) is 0. The van der Waals surface area contributed by atoms with Gasteiger partial charge in [0.05, 0.1) is 12.5 Å². The molecule has 0 aromatic heterocycles. The molecule has 0 radical (unpaired) electrons. The molecule has 1 aliphatic rings. The molecule has 1 heterocycles. The molecule has 0 aliphatic carbocycles. The van der Waals surface area contributed by atoms with Crippen LogP contribution in [0.5, 0.6) is 0 Å². The van der Waals surface area contributed by atoms with Crippen molar-refractivity contribution in [3.05, 3.63) is 101 Å². The van der Waals surface area contributed by atoms with Crippen molar-refractivity contribution in [3.8, 4) is 0 Å². The molecule has 3 aromatic rings. The van der Waals surface area contributed by atoms with Crippen LogP contribution in [0.25, 0.3) is 0 Å². The topological polar surface area (TPSA) is 20.3 Å². The van der Waals surface area contributed by atoms with Gasteiger partial charge in [0.15, 0.2) is 0 Å². The Balaban J connectivity index is 1.91. The van der Waals surface area contributed by atoms with Gasteiger partial charge in [0.1, 0.15) is 5.82 Å². The molecule has 3 aromatic carbocycles. The zero-order valence-corrected chi connectivity index (χ0v) is 13.0. The van der Waals surface area contributed by atoms with E-state index in [9.17, 15) is 9.18 Å². The van der Waals surface area contributed by atoms with Gasteiger partial charge in [0.2, 0.25) is 5.91 Å². The van der Waals surface area contributed by atoms with Crippen LogP contribution < -0.4 is 4.90 Å². The van der Waals surface area contributed by atoms with Crippen LogP contribution in [0.1, 0.15) is 22.7 Å². The highest BCUT2D eigenvalue weighted by molar-refractivity contribution is 5.98. The summed E-state index contributed by atoms with van der Waals surface area (Å²) in [6.45, 7) is 0. The molecule has 0 saturated carbocycles. The Hall–Kier alpha value is -2.94. The molecule has 0 bridgehead atoms. The van der Waals surface area contributed by atoms with Crippen LogP contribution in [0, 0.1) is 5.82 Å². The monoisotopic (exact) mass is 317 g/mol. The van der Waals surface area contributed by atoms with Gasteiger partial charge < -0.3 is 4.90 Å². The lowest BCUT2D eigenvalue weighted by Gasteiger charge is -2.37. The number of anilines is 1. The minimum atomic E-state index is -0.277. The van der Waals surface area contributed by atoms with Gasteiger partial charge in [-0.3, -0.25) is 4.79 Å². The van der Waals surface area contributed by atoms with E-state index >= 15 is 0 Å². The maximum atomic E-state index is 13.4. The highest BCUT2D eigenvalue weighted by Gasteiger charge is 2.34. The first-order valence-electron chi connectivity index (χ1n) is 7.94. The Morgan fingerprint density at radius 3 is 2.25 bits per heavy atom. The Morgan fingerprint density at radius 2 is 1.50 bits per heavy atom. The normalized spacial score (nSPS) is 16.8. The van der Waals surface area contributed by atoms with E-state index in [-0.39, 0.29) is 17.8 Å². The minimum absolute atomic E-state index is 0.0502. The molecule has 1 unspecified atom stereocenters. The predicted molar refractivity (Wildman–Crippen MR) is 92.3 cm³/mol. The highest BCUT2D eigenvalue weighted by Crippen LogP contribution is 2.38. The number of fused-ring (bicyclic) bond motifs is 1. The molecule has 0 fully saturated rings. The second kappa shape index (κ2) is 5.93. The molecule has 4 rings (SSSR count). The summed E-state index contributed by atoms with van der Waals surface area (Å²) >= 11 is 0. The lowest BCUT2D eigenvalue weighted by molar-refractivity contribution is -0.118. The number of hydrogen-bond acceptors (Lipinski definition) is 1. The summed E-state index contributed by atoms with van der Waals surface area (Å²) in [5.41, 5.74) is 3.88. The quantitative estimate of drug-likeness (QED) is 0.681. The second-order valence-electron chi connectivity index (χ2n) is 5.93. The molecule has 1 amide bonds. The first-order chi connectivity index (χ1) is 11.7. The number of rotatable bonds is 2.